The fraction of sp³-hybridized carbons (Fsp3) is 0.294. The van der Waals surface area contributed by atoms with Crippen molar-refractivity contribution in [3.8, 4) is 12.3 Å². The number of nitrogens with zero attached hydrogens (tertiary/aromatic N) is 1. The van der Waals surface area contributed by atoms with E-state index in [0.29, 0.717) is 15.8 Å². The number of terminal acetylenes is 1. The Morgan fingerprint density at radius 2 is 2.17 bits per heavy atom. The number of nitrogens with one attached hydrogen (secondary N) is 2. The Kier molecular flexibility index (Phi) is 5.84. The van der Waals surface area contributed by atoms with Crippen molar-refractivity contribution in [2.75, 3.05) is 11.9 Å². The molecule has 0 aliphatic heterocycles. The number of aliphatic hydroxyl groups is 1. The smallest absolute Gasteiger partial charge is 0.321 e. The van der Waals surface area contributed by atoms with Crippen molar-refractivity contribution in [3.63, 3.8) is 0 Å². The normalized spacial score (nSPS) is 14.3. The average Bonchev–Trinajstić information content (AvgIpc) is 3.03. The van der Waals surface area contributed by atoms with E-state index in [2.05, 4.69) is 21.5 Å². The van der Waals surface area contributed by atoms with Crippen molar-refractivity contribution in [2.45, 2.75) is 25.3 Å². The number of aromatic nitrogens is 1. The molecule has 5 nitrogen and oxygen atoms in total. The third-order valence-corrected chi connectivity index (χ3v) is 4.61. The summed E-state index contributed by atoms with van der Waals surface area (Å²) in [6, 6.07) is 6.53. The highest BCUT2D eigenvalue weighted by molar-refractivity contribution is 7.14. The van der Waals surface area contributed by atoms with E-state index in [1.54, 1.807) is 19.1 Å². The van der Waals surface area contributed by atoms with Gasteiger partial charge in [0, 0.05) is 10.4 Å². The van der Waals surface area contributed by atoms with Crippen LogP contribution in [0.5, 0.6) is 0 Å². The molecule has 2 rings (SSSR count). The summed E-state index contributed by atoms with van der Waals surface area (Å²) in [5, 5.41) is 17.1. The number of carbonyl (C=O) groups is 1. The van der Waals surface area contributed by atoms with E-state index in [4.69, 9.17) is 23.1 Å². The number of hydrogen-bond donors (Lipinski definition) is 3. The minimum Gasteiger partial charge on any atom is -0.394 e. The van der Waals surface area contributed by atoms with E-state index in [1.165, 1.54) is 11.3 Å². The molecule has 2 aromatic rings. The first-order valence-electron chi connectivity index (χ1n) is 7.27. The monoisotopic (exact) mass is 363 g/mol. The number of halogens is 1. The summed E-state index contributed by atoms with van der Waals surface area (Å²) in [6.45, 7) is 3.45. The molecule has 1 aromatic heterocycles. The summed E-state index contributed by atoms with van der Waals surface area (Å²) in [6.07, 6.45) is 5.76. The summed E-state index contributed by atoms with van der Waals surface area (Å²) in [4.78, 5) is 16.2. The molecule has 24 heavy (non-hydrogen) atoms. The lowest BCUT2D eigenvalue weighted by atomic mass is 9.81. The van der Waals surface area contributed by atoms with Gasteiger partial charge in [-0.25, -0.2) is 9.78 Å². The summed E-state index contributed by atoms with van der Waals surface area (Å²) in [5.41, 5.74) is 0.836. The summed E-state index contributed by atoms with van der Waals surface area (Å²) < 4.78 is 0. The summed E-state index contributed by atoms with van der Waals surface area (Å²) in [5.74, 6) is 2.78. The van der Waals surface area contributed by atoms with E-state index < -0.39 is 11.4 Å². The molecule has 0 bridgehead atoms. The average molecular weight is 364 g/mol. The van der Waals surface area contributed by atoms with Crippen LogP contribution < -0.4 is 10.6 Å². The molecule has 0 saturated carbocycles. The molecule has 0 aliphatic rings. The van der Waals surface area contributed by atoms with E-state index in [-0.39, 0.29) is 12.6 Å². The van der Waals surface area contributed by atoms with Gasteiger partial charge >= 0.3 is 6.03 Å². The first-order valence-corrected chi connectivity index (χ1v) is 8.53. The van der Waals surface area contributed by atoms with Crippen LogP contribution in [0.4, 0.5) is 9.93 Å². The number of aliphatic hydroxyl groups excluding tert-OH is 1. The number of urea groups is 1. The molecule has 2 atom stereocenters. The van der Waals surface area contributed by atoms with E-state index in [9.17, 15) is 4.79 Å². The zero-order valence-corrected chi connectivity index (χ0v) is 14.9. The third-order valence-electron chi connectivity index (χ3n) is 3.60. The van der Waals surface area contributed by atoms with Crippen molar-refractivity contribution >= 4 is 34.1 Å². The molecule has 3 N–H and O–H groups in total. The maximum Gasteiger partial charge on any atom is 0.321 e. The highest BCUT2D eigenvalue weighted by Crippen LogP contribution is 2.33. The van der Waals surface area contributed by atoms with Crippen molar-refractivity contribution in [2.24, 2.45) is 0 Å². The van der Waals surface area contributed by atoms with Gasteiger partial charge < -0.3 is 10.4 Å². The predicted octanol–water partition coefficient (Wildman–Crippen LogP) is 3.24. The number of benzene rings is 1. The van der Waals surface area contributed by atoms with E-state index in [0.717, 1.165) is 5.56 Å². The minimum atomic E-state index is -0.726. The standard InChI is InChI=1S/C17H18ClN3O2S/c1-4-17(3,12-5-7-13(18)8-6-12)14-10-24-16(20-14)21-15(23)19-11(2)9-22/h1,5-8,10-11,22H,9H2,2-3H3,(H2,19,20,21,23)/t11?,17-/m1/s1. The van der Waals surface area contributed by atoms with Crippen molar-refractivity contribution in [3.05, 3.63) is 45.9 Å². The number of amides is 2. The van der Waals surface area contributed by atoms with Crippen LogP contribution in [0, 0.1) is 12.3 Å². The Morgan fingerprint density at radius 1 is 1.50 bits per heavy atom. The molecule has 1 heterocycles. The van der Waals surface area contributed by atoms with Gasteiger partial charge in [-0.2, -0.15) is 0 Å². The van der Waals surface area contributed by atoms with Gasteiger partial charge in [0.25, 0.3) is 0 Å². The quantitative estimate of drug-likeness (QED) is 0.714. The largest absolute Gasteiger partial charge is 0.394 e. The molecule has 1 unspecified atom stereocenters. The molecule has 0 saturated heterocycles. The second kappa shape index (κ2) is 7.67. The Morgan fingerprint density at radius 3 is 2.75 bits per heavy atom. The Balaban J connectivity index is 2.20. The number of carbonyl (C=O) groups excluding carboxylic acids is 1. The fourth-order valence-corrected chi connectivity index (χ4v) is 2.99. The van der Waals surface area contributed by atoms with E-state index >= 15 is 0 Å². The number of thiazole rings is 1. The lowest BCUT2D eigenvalue weighted by Crippen LogP contribution is -2.38. The zero-order valence-electron chi connectivity index (χ0n) is 13.3. The van der Waals surface area contributed by atoms with Crippen LogP contribution >= 0.6 is 22.9 Å². The summed E-state index contributed by atoms with van der Waals surface area (Å²) in [7, 11) is 0. The van der Waals surface area contributed by atoms with Gasteiger partial charge in [0.1, 0.15) is 0 Å². The molecular weight excluding hydrogens is 346 g/mol. The molecule has 0 aliphatic carbocycles. The number of hydrogen-bond acceptors (Lipinski definition) is 4. The van der Waals surface area contributed by atoms with Crippen LogP contribution in [0.3, 0.4) is 0 Å². The molecular formula is C17H18ClN3O2S. The SMILES string of the molecule is C#C[C@](C)(c1ccc(Cl)cc1)c1csc(NC(=O)NC(C)CO)n1. The van der Waals surface area contributed by atoms with Crippen molar-refractivity contribution in [1.29, 1.82) is 0 Å². The fourth-order valence-electron chi connectivity index (χ4n) is 2.05. The minimum absolute atomic E-state index is 0.137. The Hall–Kier alpha value is -2.07. The molecule has 7 heteroatoms. The number of anilines is 1. The van der Waals surface area contributed by atoms with Gasteiger partial charge in [-0.1, -0.05) is 29.7 Å². The molecule has 2 amide bonds. The van der Waals surface area contributed by atoms with Gasteiger partial charge in [-0.05, 0) is 31.5 Å². The first kappa shape index (κ1) is 18.3. The van der Waals surface area contributed by atoms with Crippen LogP contribution in [0.25, 0.3) is 0 Å². The lowest BCUT2D eigenvalue weighted by Gasteiger charge is -2.22. The Labute approximate surface area is 150 Å². The zero-order chi connectivity index (χ0) is 17.7. The van der Waals surface area contributed by atoms with Crippen LogP contribution in [-0.2, 0) is 5.41 Å². The molecule has 0 spiro atoms. The summed E-state index contributed by atoms with van der Waals surface area (Å²) >= 11 is 7.21. The molecule has 126 valence electrons. The third kappa shape index (κ3) is 4.06. The highest BCUT2D eigenvalue weighted by atomic mass is 35.5. The maximum absolute atomic E-state index is 11.8. The second-order valence-electron chi connectivity index (χ2n) is 5.50. The van der Waals surface area contributed by atoms with Crippen molar-refractivity contribution in [1.82, 2.24) is 10.3 Å². The molecule has 1 aromatic carbocycles. The lowest BCUT2D eigenvalue weighted by molar-refractivity contribution is 0.229. The topological polar surface area (TPSA) is 74.2 Å². The Bertz CT molecular complexity index is 754. The van der Waals surface area contributed by atoms with Crippen LogP contribution in [0.15, 0.2) is 29.6 Å². The number of rotatable bonds is 5. The maximum atomic E-state index is 11.8. The first-order chi connectivity index (χ1) is 11.4. The van der Waals surface area contributed by atoms with Crippen LogP contribution in [0.1, 0.15) is 25.1 Å². The van der Waals surface area contributed by atoms with Gasteiger partial charge in [0.2, 0.25) is 0 Å². The van der Waals surface area contributed by atoms with Crippen molar-refractivity contribution < 1.29 is 9.90 Å². The molecule has 0 radical (unpaired) electrons. The second-order valence-corrected chi connectivity index (χ2v) is 6.79. The van der Waals surface area contributed by atoms with Gasteiger partial charge in [0.15, 0.2) is 5.13 Å². The van der Waals surface area contributed by atoms with Crippen LogP contribution in [-0.4, -0.2) is 28.8 Å². The predicted molar refractivity (Wildman–Crippen MR) is 97.6 cm³/mol. The molecule has 0 fully saturated rings. The van der Waals surface area contributed by atoms with Gasteiger partial charge in [-0.3, -0.25) is 5.32 Å². The highest BCUT2D eigenvalue weighted by Gasteiger charge is 2.29. The van der Waals surface area contributed by atoms with Gasteiger partial charge in [0.05, 0.1) is 23.8 Å². The van der Waals surface area contributed by atoms with Crippen LogP contribution in [0.2, 0.25) is 5.02 Å². The van der Waals surface area contributed by atoms with E-state index in [1.807, 2.05) is 24.4 Å². The van der Waals surface area contributed by atoms with Gasteiger partial charge in [-0.15, -0.1) is 17.8 Å².